The van der Waals surface area contributed by atoms with Crippen molar-refractivity contribution in [2.24, 2.45) is 5.73 Å². The summed E-state index contributed by atoms with van der Waals surface area (Å²) in [5.41, 5.74) is 12.2. The molecule has 23 heavy (non-hydrogen) atoms. The van der Waals surface area contributed by atoms with Crippen molar-refractivity contribution in [2.75, 3.05) is 18.1 Å². The molecule has 0 spiro atoms. The molecule has 118 valence electrons. The van der Waals surface area contributed by atoms with Crippen LogP contribution in [-0.4, -0.2) is 22.9 Å². The van der Waals surface area contributed by atoms with Crippen molar-refractivity contribution in [2.45, 2.75) is 0 Å². The summed E-state index contributed by atoms with van der Waals surface area (Å²) in [6, 6.07) is 14.2. The van der Waals surface area contributed by atoms with Crippen molar-refractivity contribution in [1.82, 2.24) is 9.97 Å². The third kappa shape index (κ3) is 3.85. The lowest BCUT2D eigenvalue weighted by Gasteiger charge is -2.03. The fourth-order valence-electron chi connectivity index (χ4n) is 2.02. The second kappa shape index (κ2) is 7.08. The lowest BCUT2D eigenvalue weighted by atomic mass is 10.2. The predicted octanol–water partition coefficient (Wildman–Crippen LogP) is 1.33. The van der Waals surface area contributed by atoms with Crippen LogP contribution in [0.3, 0.4) is 0 Å². The molecule has 0 aliphatic heterocycles. The van der Waals surface area contributed by atoms with Crippen LogP contribution >= 0.6 is 0 Å². The zero-order valence-electron chi connectivity index (χ0n) is 12.5. The first-order valence-electron chi connectivity index (χ1n) is 6.84. The molecule has 0 saturated carbocycles. The van der Waals surface area contributed by atoms with Crippen LogP contribution in [0.4, 0.5) is 11.6 Å². The second-order valence-corrected chi connectivity index (χ2v) is 4.63. The zero-order valence-corrected chi connectivity index (χ0v) is 12.5. The van der Waals surface area contributed by atoms with Gasteiger partial charge in [0.25, 0.3) is 11.5 Å². The summed E-state index contributed by atoms with van der Waals surface area (Å²) in [6.07, 6.45) is 0. The van der Waals surface area contributed by atoms with E-state index in [1.165, 1.54) is 0 Å². The van der Waals surface area contributed by atoms with E-state index < -0.39 is 5.91 Å². The Bertz CT molecular complexity index is 889. The van der Waals surface area contributed by atoms with Crippen molar-refractivity contribution >= 4 is 28.4 Å². The smallest absolute Gasteiger partial charge is 0.260 e. The molecule has 1 heterocycles. The summed E-state index contributed by atoms with van der Waals surface area (Å²) in [7, 11) is 1.75. The van der Waals surface area contributed by atoms with Crippen molar-refractivity contribution in [3.63, 3.8) is 0 Å². The molecule has 0 radical (unpaired) electrons. The zero-order chi connectivity index (χ0) is 16.8. The highest BCUT2D eigenvalue weighted by Gasteiger charge is 2.03. The van der Waals surface area contributed by atoms with Gasteiger partial charge in [-0.2, -0.15) is 0 Å². The van der Waals surface area contributed by atoms with Gasteiger partial charge in [0, 0.05) is 12.7 Å². The van der Waals surface area contributed by atoms with Crippen molar-refractivity contribution in [3.8, 4) is 0 Å². The molecule has 7 nitrogen and oxygen atoms in total. The number of carbonyl (C=O) groups excluding carboxylic acids is 1. The number of carbonyl (C=O) groups is 1. The number of aromatic amines is 1. The Morgan fingerprint density at radius 3 is 2.43 bits per heavy atom. The van der Waals surface area contributed by atoms with Gasteiger partial charge in [-0.15, -0.1) is 0 Å². The number of benzene rings is 2. The van der Waals surface area contributed by atoms with E-state index in [2.05, 4.69) is 15.3 Å². The Labute approximate surface area is 132 Å². The van der Waals surface area contributed by atoms with Crippen LogP contribution in [0.15, 0.2) is 53.3 Å². The van der Waals surface area contributed by atoms with Crippen LogP contribution in [0, 0.1) is 0 Å². The molecule has 0 saturated heterocycles. The lowest BCUT2D eigenvalue weighted by molar-refractivity contribution is 0.100. The van der Waals surface area contributed by atoms with Crippen molar-refractivity contribution in [3.05, 3.63) is 64.4 Å². The quantitative estimate of drug-likeness (QED) is 0.568. The first-order chi connectivity index (χ1) is 11.0. The molecule has 0 atom stereocenters. The number of hydrogen-bond acceptors (Lipinski definition) is 5. The summed E-state index contributed by atoms with van der Waals surface area (Å²) >= 11 is 0. The highest BCUT2D eigenvalue weighted by molar-refractivity contribution is 5.98. The van der Waals surface area contributed by atoms with E-state index in [1.807, 2.05) is 12.1 Å². The van der Waals surface area contributed by atoms with Gasteiger partial charge in [0.2, 0.25) is 5.95 Å². The average molecular weight is 311 g/mol. The maximum atomic E-state index is 11.2. The largest absolute Gasteiger partial charge is 0.387 e. The van der Waals surface area contributed by atoms with Crippen LogP contribution in [0.2, 0.25) is 0 Å². The van der Waals surface area contributed by atoms with Gasteiger partial charge in [-0.1, -0.05) is 24.3 Å². The second-order valence-electron chi connectivity index (χ2n) is 4.63. The molecule has 0 aliphatic rings. The van der Waals surface area contributed by atoms with E-state index in [4.69, 9.17) is 11.5 Å². The number of anilines is 2. The molecule has 3 rings (SSSR count). The van der Waals surface area contributed by atoms with Gasteiger partial charge in [-0.05, 0) is 24.3 Å². The molecule has 1 aromatic heterocycles. The predicted molar refractivity (Wildman–Crippen MR) is 91.3 cm³/mol. The number of primary amides is 1. The van der Waals surface area contributed by atoms with Crippen LogP contribution in [-0.2, 0) is 0 Å². The molecule has 3 aromatic rings. The normalized spacial score (nSPS) is 9.78. The Hall–Kier alpha value is -3.35. The number of nitrogen functional groups attached to an aromatic ring is 1. The Balaban J connectivity index is 0.000000168. The minimum Gasteiger partial charge on any atom is -0.387 e. The number of para-hydroxylation sites is 2. The maximum Gasteiger partial charge on any atom is 0.260 e. The van der Waals surface area contributed by atoms with E-state index in [0.29, 0.717) is 16.5 Å². The Morgan fingerprint density at radius 1 is 1.13 bits per heavy atom. The molecule has 1 amide bonds. The summed E-state index contributed by atoms with van der Waals surface area (Å²) in [4.78, 5) is 28.4. The van der Waals surface area contributed by atoms with E-state index in [9.17, 15) is 9.59 Å². The van der Waals surface area contributed by atoms with E-state index in [1.54, 1.807) is 43.4 Å². The number of hydrogen-bond donors (Lipinski definition) is 4. The summed E-state index contributed by atoms with van der Waals surface area (Å²) in [6.45, 7) is 0. The molecular formula is C16H17N5O2. The molecule has 7 heteroatoms. The van der Waals surface area contributed by atoms with Crippen molar-refractivity contribution in [1.29, 1.82) is 0 Å². The van der Waals surface area contributed by atoms with Gasteiger partial charge in [0.05, 0.1) is 16.5 Å². The number of rotatable bonds is 2. The molecule has 0 aliphatic carbocycles. The fourth-order valence-corrected chi connectivity index (χ4v) is 2.02. The lowest BCUT2D eigenvalue weighted by Crippen LogP contribution is -2.12. The summed E-state index contributed by atoms with van der Waals surface area (Å²) in [5.74, 6) is -0.256. The van der Waals surface area contributed by atoms with Gasteiger partial charge in [-0.25, -0.2) is 4.98 Å². The summed E-state index contributed by atoms with van der Waals surface area (Å²) in [5, 5.41) is 3.44. The number of fused-ring (bicyclic) bond motifs is 1. The number of nitrogens with zero attached hydrogens (tertiary/aromatic N) is 1. The summed E-state index contributed by atoms with van der Waals surface area (Å²) < 4.78 is 0. The highest BCUT2D eigenvalue weighted by Crippen LogP contribution is 2.12. The number of nitrogens with two attached hydrogens (primary N) is 2. The van der Waals surface area contributed by atoms with Crippen molar-refractivity contribution < 1.29 is 4.79 Å². The van der Waals surface area contributed by atoms with Crippen LogP contribution in [0.1, 0.15) is 10.4 Å². The van der Waals surface area contributed by atoms with Crippen LogP contribution in [0.5, 0.6) is 0 Å². The number of nitrogens with one attached hydrogen (secondary N) is 2. The molecule has 0 unspecified atom stereocenters. The first-order valence-corrected chi connectivity index (χ1v) is 6.84. The SMILES string of the molecule is CNc1ccccc1C(N)=O.Nc1nc2ccccc2c(=O)[nH]1. The fraction of sp³-hybridized carbons (Fsp3) is 0.0625. The monoisotopic (exact) mass is 311 g/mol. The van der Waals surface area contributed by atoms with E-state index in [-0.39, 0.29) is 11.5 Å². The van der Waals surface area contributed by atoms with Gasteiger partial charge in [0.15, 0.2) is 0 Å². The van der Waals surface area contributed by atoms with Gasteiger partial charge < -0.3 is 16.8 Å². The minimum atomic E-state index is -0.407. The van der Waals surface area contributed by atoms with Crippen LogP contribution < -0.4 is 22.3 Å². The molecule has 2 aromatic carbocycles. The third-order valence-corrected chi connectivity index (χ3v) is 3.09. The van der Waals surface area contributed by atoms with Gasteiger partial charge >= 0.3 is 0 Å². The third-order valence-electron chi connectivity index (χ3n) is 3.09. The number of H-pyrrole nitrogens is 1. The topological polar surface area (TPSA) is 127 Å². The number of aromatic nitrogens is 2. The van der Waals surface area contributed by atoms with Gasteiger partial charge in [0.1, 0.15) is 0 Å². The van der Waals surface area contributed by atoms with E-state index >= 15 is 0 Å². The molecule has 0 fully saturated rings. The Morgan fingerprint density at radius 2 is 1.78 bits per heavy atom. The average Bonchev–Trinajstić information content (AvgIpc) is 2.55. The maximum absolute atomic E-state index is 11.2. The van der Waals surface area contributed by atoms with Crippen LogP contribution in [0.25, 0.3) is 10.9 Å². The number of amides is 1. The minimum absolute atomic E-state index is 0.152. The Kier molecular flexibility index (Phi) is 4.93. The highest BCUT2D eigenvalue weighted by atomic mass is 16.1. The molecule has 6 N–H and O–H groups in total. The first kappa shape index (κ1) is 16.0. The standard InChI is InChI=1S/C8H7N3O.C8H10N2O/c9-8-10-6-4-2-1-3-5(6)7(12)11-8;1-10-7-5-3-2-4-6(7)8(9)11/h1-4H,(H3,9,10,11,12);2-5,10H,1H3,(H2,9,11). The van der Waals surface area contributed by atoms with E-state index in [0.717, 1.165) is 5.69 Å². The van der Waals surface area contributed by atoms with Gasteiger partial charge in [-0.3, -0.25) is 14.6 Å². The molecule has 0 bridgehead atoms. The molecular weight excluding hydrogens is 294 g/mol.